The lowest BCUT2D eigenvalue weighted by Crippen LogP contribution is -2.39. The fraction of sp³-hybridized carbons (Fsp3) is 0.208. The summed E-state index contributed by atoms with van der Waals surface area (Å²) in [4.78, 5) is 31.2. The van der Waals surface area contributed by atoms with Crippen molar-refractivity contribution in [3.05, 3.63) is 84.5 Å². The lowest BCUT2D eigenvalue weighted by atomic mass is 9.92. The van der Waals surface area contributed by atoms with Gasteiger partial charge in [-0.2, -0.15) is 0 Å². The van der Waals surface area contributed by atoms with Gasteiger partial charge in [0.2, 0.25) is 0 Å². The van der Waals surface area contributed by atoms with Crippen LogP contribution in [0.2, 0.25) is 0 Å². The first-order chi connectivity index (χ1) is 15.3. The van der Waals surface area contributed by atoms with Crippen LogP contribution >= 0.6 is 11.3 Å². The smallest absolute Gasteiger partial charge is 0.271 e. The van der Waals surface area contributed by atoms with Crippen molar-refractivity contribution in [2.45, 2.75) is 19.9 Å². The van der Waals surface area contributed by atoms with E-state index >= 15 is 0 Å². The number of aromatic nitrogens is 1. The minimum Gasteiger partial charge on any atom is -0.508 e. The zero-order valence-electron chi connectivity index (χ0n) is 18.1. The molecule has 0 amide bonds. The molecule has 1 aliphatic heterocycles. The van der Waals surface area contributed by atoms with Crippen molar-refractivity contribution in [2.75, 3.05) is 14.2 Å². The predicted molar refractivity (Wildman–Crippen MR) is 122 cm³/mol. The van der Waals surface area contributed by atoms with Gasteiger partial charge >= 0.3 is 0 Å². The van der Waals surface area contributed by atoms with Crippen LogP contribution in [0.5, 0.6) is 17.2 Å². The molecule has 0 fully saturated rings. The van der Waals surface area contributed by atoms with Crippen LogP contribution in [-0.4, -0.2) is 29.7 Å². The molecule has 1 atom stereocenters. The molecule has 32 heavy (non-hydrogen) atoms. The average molecular weight is 451 g/mol. The number of hydrogen-bond acceptors (Lipinski definition) is 7. The number of Topliss-reactive ketones (excluding diaryl/α,β-unsaturated/α-hetero) is 1. The largest absolute Gasteiger partial charge is 0.508 e. The number of aromatic hydroxyl groups is 1. The molecule has 1 aliphatic rings. The second-order valence-corrected chi connectivity index (χ2v) is 8.35. The third-order valence-corrected chi connectivity index (χ3v) is 6.29. The summed E-state index contributed by atoms with van der Waals surface area (Å²) in [5.74, 6) is 1.05. The highest BCUT2D eigenvalue weighted by atomic mass is 32.1. The van der Waals surface area contributed by atoms with Gasteiger partial charge in [-0.05, 0) is 49.8 Å². The van der Waals surface area contributed by atoms with Gasteiger partial charge in [0.1, 0.15) is 17.2 Å². The molecule has 2 aromatic carbocycles. The summed E-state index contributed by atoms with van der Waals surface area (Å²) in [5.41, 5.74) is 2.08. The third-order valence-electron chi connectivity index (χ3n) is 5.30. The van der Waals surface area contributed by atoms with Gasteiger partial charge in [0.25, 0.3) is 5.56 Å². The molecule has 3 aromatic rings. The van der Waals surface area contributed by atoms with E-state index in [1.165, 1.54) is 29.9 Å². The van der Waals surface area contributed by atoms with E-state index in [1.54, 1.807) is 62.6 Å². The molecule has 0 radical (unpaired) electrons. The number of carbonyl (C=O) groups is 1. The standard InChI is InChI=1S/C24H22N2O5S/c1-13-21(14(2)27)22(18-9-8-17(30-3)12-19(18)31-4)26-23(29)20(32-24(26)25-13)11-15-6-5-7-16(28)10-15/h5-12,22,28H,1-4H3/b20-11-/t22-/m1/s1. The van der Waals surface area contributed by atoms with Gasteiger partial charge in [-0.25, -0.2) is 4.99 Å². The van der Waals surface area contributed by atoms with E-state index in [0.717, 1.165) is 0 Å². The van der Waals surface area contributed by atoms with Crippen molar-refractivity contribution in [2.24, 2.45) is 4.99 Å². The molecular weight excluding hydrogens is 428 g/mol. The van der Waals surface area contributed by atoms with Gasteiger partial charge in [0.15, 0.2) is 10.6 Å². The maximum Gasteiger partial charge on any atom is 0.271 e. The quantitative estimate of drug-likeness (QED) is 0.645. The van der Waals surface area contributed by atoms with Crippen LogP contribution in [0.4, 0.5) is 0 Å². The zero-order valence-corrected chi connectivity index (χ0v) is 18.9. The van der Waals surface area contributed by atoms with Gasteiger partial charge in [0.05, 0.1) is 24.8 Å². The molecule has 0 saturated heterocycles. The van der Waals surface area contributed by atoms with Crippen molar-refractivity contribution in [1.82, 2.24) is 4.57 Å². The fourth-order valence-electron chi connectivity index (χ4n) is 3.88. The highest BCUT2D eigenvalue weighted by Gasteiger charge is 2.32. The number of phenols is 1. The lowest BCUT2D eigenvalue weighted by Gasteiger charge is -2.26. The van der Waals surface area contributed by atoms with Gasteiger partial charge in [-0.15, -0.1) is 0 Å². The maximum absolute atomic E-state index is 13.5. The number of hydrogen-bond donors (Lipinski definition) is 1. The van der Waals surface area contributed by atoms with Crippen molar-refractivity contribution in [1.29, 1.82) is 0 Å². The molecule has 2 heterocycles. The second-order valence-electron chi connectivity index (χ2n) is 7.34. The molecule has 8 heteroatoms. The number of fused-ring (bicyclic) bond motifs is 1. The molecule has 0 aliphatic carbocycles. The first-order valence-corrected chi connectivity index (χ1v) is 10.7. The van der Waals surface area contributed by atoms with Crippen LogP contribution in [0.25, 0.3) is 6.08 Å². The molecule has 1 aromatic heterocycles. The molecule has 0 unspecified atom stereocenters. The summed E-state index contributed by atoms with van der Waals surface area (Å²) in [6.45, 7) is 3.24. The van der Waals surface area contributed by atoms with E-state index in [2.05, 4.69) is 4.99 Å². The number of benzene rings is 2. The number of thiazole rings is 1. The molecule has 7 nitrogen and oxygen atoms in total. The normalized spacial score (nSPS) is 15.9. The van der Waals surface area contributed by atoms with E-state index in [9.17, 15) is 14.7 Å². The Morgan fingerprint density at radius 1 is 1.19 bits per heavy atom. The topological polar surface area (TPSA) is 90.1 Å². The number of carbonyl (C=O) groups excluding carboxylic acids is 1. The van der Waals surface area contributed by atoms with Crippen molar-refractivity contribution < 1.29 is 19.4 Å². The first-order valence-electron chi connectivity index (χ1n) is 9.88. The van der Waals surface area contributed by atoms with Crippen LogP contribution in [0.15, 0.2) is 63.5 Å². The van der Waals surface area contributed by atoms with Crippen molar-refractivity contribution >= 4 is 23.2 Å². The number of rotatable bonds is 5. The number of methoxy groups -OCH3 is 2. The fourth-order valence-corrected chi connectivity index (χ4v) is 4.92. The van der Waals surface area contributed by atoms with E-state index in [0.29, 0.717) is 43.2 Å². The molecule has 0 saturated carbocycles. The summed E-state index contributed by atoms with van der Waals surface area (Å²) in [6, 6.07) is 11.3. The second kappa shape index (κ2) is 8.47. The third kappa shape index (κ3) is 3.73. The van der Waals surface area contributed by atoms with Crippen LogP contribution in [0.3, 0.4) is 0 Å². The van der Waals surface area contributed by atoms with Crippen molar-refractivity contribution in [3.8, 4) is 17.2 Å². The van der Waals surface area contributed by atoms with E-state index < -0.39 is 6.04 Å². The van der Waals surface area contributed by atoms with Crippen LogP contribution in [0.1, 0.15) is 31.0 Å². The Balaban J connectivity index is 2.01. The average Bonchev–Trinajstić information content (AvgIpc) is 3.06. The lowest BCUT2D eigenvalue weighted by molar-refractivity contribution is -0.114. The molecule has 164 valence electrons. The number of ketones is 1. The van der Waals surface area contributed by atoms with Crippen molar-refractivity contribution in [3.63, 3.8) is 0 Å². The summed E-state index contributed by atoms with van der Waals surface area (Å²) in [5, 5.41) is 9.76. The predicted octanol–water partition coefficient (Wildman–Crippen LogP) is 2.55. The minimum absolute atomic E-state index is 0.113. The van der Waals surface area contributed by atoms with Gasteiger partial charge in [0, 0.05) is 22.9 Å². The number of allylic oxidation sites excluding steroid dienone is 2. The zero-order chi connectivity index (χ0) is 23.0. The minimum atomic E-state index is -0.684. The Morgan fingerprint density at radius 3 is 2.62 bits per heavy atom. The Hall–Kier alpha value is -3.65. The monoisotopic (exact) mass is 450 g/mol. The Morgan fingerprint density at radius 2 is 1.97 bits per heavy atom. The van der Waals surface area contributed by atoms with Gasteiger partial charge < -0.3 is 14.6 Å². The molecule has 1 N–H and O–H groups in total. The SMILES string of the molecule is COc1ccc([C@@H]2C(C(C)=O)=C(C)N=c3s/c(=C\c4cccc(O)c4)c(=O)n32)c(OC)c1. The number of ether oxygens (including phenoxy) is 2. The number of phenolic OH excluding ortho intramolecular Hbond substituents is 1. The number of nitrogens with zero attached hydrogens (tertiary/aromatic N) is 2. The summed E-state index contributed by atoms with van der Waals surface area (Å²) in [7, 11) is 3.10. The summed E-state index contributed by atoms with van der Waals surface area (Å²) in [6.07, 6.45) is 1.71. The molecule has 0 bridgehead atoms. The molecule has 0 spiro atoms. The Bertz CT molecular complexity index is 1430. The highest BCUT2D eigenvalue weighted by molar-refractivity contribution is 7.07. The van der Waals surface area contributed by atoms with Crippen LogP contribution in [0, 0.1) is 0 Å². The van der Waals surface area contributed by atoms with E-state index in [1.807, 2.05) is 0 Å². The van der Waals surface area contributed by atoms with Crippen LogP contribution in [-0.2, 0) is 4.79 Å². The highest BCUT2D eigenvalue weighted by Crippen LogP contribution is 2.37. The first kappa shape index (κ1) is 21.6. The van der Waals surface area contributed by atoms with E-state index in [-0.39, 0.29) is 17.1 Å². The molecular formula is C24H22N2O5S. The maximum atomic E-state index is 13.5. The van der Waals surface area contributed by atoms with Gasteiger partial charge in [-0.3, -0.25) is 14.2 Å². The Kier molecular flexibility index (Phi) is 5.71. The molecule has 4 rings (SSSR count). The summed E-state index contributed by atoms with van der Waals surface area (Å²) >= 11 is 1.24. The Labute approximate surface area is 188 Å². The summed E-state index contributed by atoms with van der Waals surface area (Å²) < 4.78 is 12.9. The van der Waals surface area contributed by atoms with E-state index in [4.69, 9.17) is 9.47 Å². The van der Waals surface area contributed by atoms with Gasteiger partial charge in [-0.1, -0.05) is 23.5 Å². The van der Waals surface area contributed by atoms with Crippen LogP contribution < -0.4 is 24.4 Å².